The van der Waals surface area contributed by atoms with Gasteiger partial charge >= 0.3 is 0 Å². The van der Waals surface area contributed by atoms with E-state index in [1.54, 1.807) is 0 Å². The van der Waals surface area contributed by atoms with E-state index >= 15 is 0 Å². The van der Waals surface area contributed by atoms with Gasteiger partial charge in [-0.3, -0.25) is 0 Å². The van der Waals surface area contributed by atoms with Crippen molar-refractivity contribution in [2.45, 2.75) is 26.1 Å². The number of epoxide rings is 1. The van der Waals surface area contributed by atoms with Crippen LogP contribution in [0.4, 0.5) is 0 Å². The first kappa shape index (κ1) is 11.1. The molecule has 0 amide bonds. The van der Waals surface area contributed by atoms with E-state index in [1.807, 2.05) is 0 Å². The van der Waals surface area contributed by atoms with Gasteiger partial charge in [0.2, 0.25) is 0 Å². The zero-order chi connectivity index (χ0) is 10.8. The molecule has 1 saturated heterocycles. The molecule has 0 N–H and O–H groups in total. The second kappa shape index (κ2) is 4.64. The Morgan fingerprint density at radius 2 is 2.33 bits per heavy atom. The van der Waals surface area contributed by atoms with Crippen LogP contribution in [0, 0.1) is 6.92 Å². The minimum Gasteiger partial charge on any atom is -0.371 e. The van der Waals surface area contributed by atoms with Gasteiger partial charge in [-0.2, -0.15) is 0 Å². The normalized spacial score (nSPS) is 21.4. The molecule has 2 nitrogen and oxygen atoms in total. The Bertz CT molecular complexity index is 347. The lowest BCUT2D eigenvalue weighted by atomic mass is 10.1. The molecule has 3 heteroatoms. The van der Waals surface area contributed by atoms with E-state index in [1.165, 1.54) is 11.1 Å². The summed E-state index contributed by atoms with van der Waals surface area (Å²) in [6.45, 7) is 5.70. The van der Waals surface area contributed by atoms with Crippen LogP contribution < -0.4 is 0 Å². The fourth-order valence-corrected chi connectivity index (χ4v) is 2.08. The van der Waals surface area contributed by atoms with Gasteiger partial charge in [0.1, 0.15) is 6.10 Å². The molecule has 15 heavy (non-hydrogen) atoms. The molecule has 0 radical (unpaired) electrons. The summed E-state index contributed by atoms with van der Waals surface area (Å²) in [6, 6.07) is 6.24. The Balaban J connectivity index is 2.02. The number of benzene rings is 1. The summed E-state index contributed by atoms with van der Waals surface area (Å²) in [6.07, 6.45) is 0.444. The Labute approximate surface area is 98.7 Å². The lowest BCUT2D eigenvalue weighted by Crippen LogP contribution is -2.07. The molecule has 1 aliphatic rings. The maximum Gasteiger partial charge on any atom is 0.104 e. The summed E-state index contributed by atoms with van der Waals surface area (Å²) < 4.78 is 12.0. The van der Waals surface area contributed by atoms with E-state index in [0.29, 0.717) is 12.7 Å². The standard InChI is InChI=1S/C12H15BrO2/c1-8-4-3-5-11(12(8)13)9(2)14-6-10-7-15-10/h3-5,9-10H,6-7H2,1-2H3/t9-,10?/m1/s1. The van der Waals surface area contributed by atoms with Crippen LogP contribution in [-0.2, 0) is 9.47 Å². The van der Waals surface area contributed by atoms with Gasteiger partial charge in [0, 0.05) is 4.47 Å². The summed E-state index contributed by atoms with van der Waals surface area (Å²) in [4.78, 5) is 0. The van der Waals surface area contributed by atoms with E-state index in [9.17, 15) is 0 Å². The van der Waals surface area contributed by atoms with E-state index in [2.05, 4.69) is 48.0 Å². The van der Waals surface area contributed by atoms with Crippen molar-refractivity contribution in [3.8, 4) is 0 Å². The van der Waals surface area contributed by atoms with Crippen LogP contribution in [0.3, 0.4) is 0 Å². The molecule has 1 aromatic carbocycles. The smallest absolute Gasteiger partial charge is 0.104 e. The Hall–Kier alpha value is -0.380. The first-order valence-corrected chi connectivity index (χ1v) is 5.96. The highest BCUT2D eigenvalue weighted by Crippen LogP contribution is 2.29. The van der Waals surface area contributed by atoms with Crippen LogP contribution in [0.2, 0.25) is 0 Å². The maximum atomic E-state index is 5.73. The van der Waals surface area contributed by atoms with Crippen molar-refractivity contribution in [2.24, 2.45) is 0 Å². The van der Waals surface area contributed by atoms with Gasteiger partial charge in [0.15, 0.2) is 0 Å². The minimum atomic E-state index is 0.114. The summed E-state index contributed by atoms with van der Waals surface area (Å²) >= 11 is 3.59. The van der Waals surface area contributed by atoms with Crippen LogP contribution in [0.15, 0.2) is 22.7 Å². The molecule has 0 aromatic heterocycles. The number of hydrogen-bond acceptors (Lipinski definition) is 2. The molecule has 0 aliphatic carbocycles. The predicted octanol–water partition coefficient (Wildman–Crippen LogP) is 3.23. The number of aryl methyl sites for hydroxylation is 1. The molecule has 82 valence electrons. The largest absolute Gasteiger partial charge is 0.371 e. The van der Waals surface area contributed by atoms with E-state index in [0.717, 1.165) is 11.1 Å². The van der Waals surface area contributed by atoms with Gasteiger partial charge in [-0.25, -0.2) is 0 Å². The molecule has 1 unspecified atom stereocenters. The van der Waals surface area contributed by atoms with Crippen LogP contribution in [0.1, 0.15) is 24.2 Å². The number of halogens is 1. The van der Waals surface area contributed by atoms with E-state index in [-0.39, 0.29) is 6.10 Å². The molecule has 1 aromatic rings. The third kappa shape index (κ3) is 2.80. The van der Waals surface area contributed by atoms with Crippen molar-refractivity contribution in [3.63, 3.8) is 0 Å². The van der Waals surface area contributed by atoms with Crippen LogP contribution in [0.5, 0.6) is 0 Å². The summed E-state index contributed by atoms with van der Waals surface area (Å²) in [5.74, 6) is 0. The van der Waals surface area contributed by atoms with Crippen molar-refractivity contribution >= 4 is 15.9 Å². The molecule has 1 heterocycles. The second-order valence-corrected chi connectivity index (χ2v) is 4.70. The Kier molecular flexibility index (Phi) is 3.44. The van der Waals surface area contributed by atoms with Crippen molar-refractivity contribution in [1.82, 2.24) is 0 Å². The van der Waals surface area contributed by atoms with Crippen LogP contribution >= 0.6 is 15.9 Å². The summed E-state index contributed by atoms with van der Waals surface area (Å²) in [5, 5.41) is 0. The average Bonchev–Trinajstić information content (AvgIpc) is 3.02. The van der Waals surface area contributed by atoms with Gasteiger partial charge in [-0.15, -0.1) is 0 Å². The molecule has 1 fully saturated rings. The van der Waals surface area contributed by atoms with Gasteiger partial charge in [0.05, 0.1) is 19.3 Å². The first-order chi connectivity index (χ1) is 7.18. The fourth-order valence-electron chi connectivity index (χ4n) is 1.49. The zero-order valence-corrected chi connectivity index (χ0v) is 10.6. The third-order valence-corrected chi connectivity index (χ3v) is 3.68. The van der Waals surface area contributed by atoms with Gasteiger partial charge in [-0.05, 0) is 25.0 Å². The molecule has 2 rings (SSSR count). The lowest BCUT2D eigenvalue weighted by molar-refractivity contribution is 0.0535. The van der Waals surface area contributed by atoms with Crippen molar-refractivity contribution in [1.29, 1.82) is 0 Å². The third-order valence-electron chi connectivity index (χ3n) is 2.59. The molecule has 0 saturated carbocycles. The number of rotatable bonds is 4. The molecule has 0 spiro atoms. The van der Waals surface area contributed by atoms with Crippen LogP contribution in [0.25, 0.3) is 0 Å². The lowest BCUT2D eigenvalue weighted by Gasteiger charge is -2.15. The zero-order valence-electron chi connectivity index (χ0n) is 9.00. The highest BCUT2D eigenvalue weighted by molar-refractivity contribution is 9.10. The van der Waals surface area contributed by atoms with Crippen molar-refractivity contribution in [3.05, 3.63) is 33.8 Å². The van der Waals surface area contributed by atoms with Crippen LogP contribution in [-0.4, -0.2) is 19.3 Å². The van der Waals surface area contributed by atoms with E-state index in [4.69, 9.17) is 9.47 Å². The monoisotopic (exact) mass is 270 g/mol. The quantitative estimate of drug-likeness (QED) is 0.784. The molecular weight excluding hydrogens is 256 g/mol. The highest BCUT2D eigenvalue weighted by Gasteiger charge is 2.24. The van der Waals surface area contributed by atoms with Gasteiger partial charge < -0.3 is 9.47 Å². The van der Waals surface area contributed by atoms with Crippen molar-refractivity contribution in [2.75, 3.05) is 13.2 Å². The Morgan fingerprint density at radius 1 is 1.60 bits per heavy atom. The number of ether oxygens (including phenoxy) is 2. The highest BCUT2D eigenvalue weighted by atomic mass is 79.9. The van der Waals surface area contributed by atoms with Gasteiger partial charge in [0.25, 0.3) is 0 Å². The molecule has 0 bridgehead atoms. The van der Waals surface area contributed by atoms with E-state index < -0.39 is 0 Å². The topological polar surface area (TPSA) is 21.8 Å². The van der Waals surface area contributed by atoms with Gasteiger partial charge in [-0.1, -0.05) is 34.1 Å². The Morgan fingerprint density at radius 3 is 3.00 bits per heavy atom. The molecule has 1 aliphatic heterocycles. The minimum absolute atomic E-state index is 0.114. The first-order valence-electron chi connectivity index (χ1n) is 5.16. The fraction of sp³-hybridized carbons (Fsp3) is 0.500. The molecular formula is C12H15BrO2. The SMILES string of the molecule is Cc1cccc([C@@H](C)OCC2CO2)c1Br. The van der Waals surface area contributed by atoms with Crippen molar-refractivity contribution < 1.29 is 9.47 Å². The number of hydrogen-bond donors (Lipinski definition) is 0. The summed E-state index contributed by atoms with van der Waals surface area (Å²) in [7, 11) is 0. The average molecular weight is 271 g/mol. The summed E-state index contributed by atoms with van der Waals surface area (Å²) in [5.41, 5.74) is 2.45. The predicted molar refractivity (Wildman–Crippen MR) is 63.0 cm³/mol. The maximum absolute atomic E-state index is 5.73. The second-order valence-electron chi connectivity index (χ2n) is 3.91. The molecule has 2 atom stereocenters.